The monoisotopic (exact) mass is 184 g/mol. The van der Waals surface area contributed by atoms with E-state index >= 15 is 0 Å². The summed E-state index contributed by atoms with van der Waals surface area (Å²) in [7, 11) is 0. The Morgan fingerprint density at radius 2 is 2.00 bits per heavy atom. The van der Waals surface area contributed by atoms with E-state index in [9.17, 15) is 9.90 Å². The van der Waals surface area contributed by atoms with Gasteiger partial charge in [0.1, 0.15) is 5.60 Å². The van der Waals surface area contributed by atoms with Crippen molar-refractivity contribution >= 4 is 5.78 Å². The Morgan fingerprint density at radius 3 is 2.38 bits per heavy atom. The highest BCUT2D eigenvalue weighted by atomic mass is 16.3. The lowest BCUT2D eigenvalue weighted by Crippen LogP contribution is -2.36. The summed E-state index contributed by atoms with van der Waals surface area (Å²) < 4.78 is 0. The van der Waals surface area contributed by atoms with Crippen LogP contribution in [0.4, 0.5) is 0 Å². The summed E-state index contributed by atoms with van der Waals surface area (Å²) in [6.45, 7) is 7.27. The molecule has 13 heavy (non-hydrogen) atoms. The van der Waals surface area contributed by atoms with Gasteiger partial charge in [-0.05, 0) is 25.7 Å². The van der Waals surface area contributed by atoms with Crippen molar-refractivity contribution in [3.8, 4) is 0 Å². The van der Waals surface area contributed by atoms with E-state index < -0.39 is 5.60 Å². The molecular formula is C11H20O2. The molecule has 0 aromatic carbocycles. The Balaban J connectivity index is 3.99. The van der Waals surface area contributed by atoms with Gasteiger partial charge in [-0.1, -0.05) is 19.9 Å². The van der Waals surface area contributed by atoms with E-state index in [1.807, 2.05) is 13.8 Å². The van der Waals surface area contributed by atoms with Crippen molar-refractivity contribution in [1.29, 1.82) is 0 Å². The maximum absolute atomic E-state index is 11.5. The number of aliphatic hydroxyl groups is 1. The number of carbonyl (C=O) groups is 1. The summed E-state index contributed by atoms with van der Waals surface area (Å²) in [5, 5.41) is 9.82. The van der Waals surface area contributed by atoms with E-state index in [0.717, 1.165) is 12.8 Å². The first-order chi connectivity index (χ1) is 6.10. The fourth-order valence-electron chi connectivity index (χ4n) is 1.28. The smallest absolute Gasteiger partial charge is 0.164 e. The van der Waals surface area contributed by atoms with Crippen LogP contribution in [0.2, 0.25) is 0 Å². The highest BCUT2D eigenvalue weighted by Crippen LogP contribution is 2.18. The van der Waals surface area contributed by atoms with Crippen LogP contribution in [-0.4, -0.2) is 16.5 Å². The summed E-state index contributed by atoms with van der Waals surface area (Å²) in [4.78, 5) is 11.5. The zero-order chi connectivity index (χ0) is 10.3. The molecule has 0 spiro atoms. The second-order valence-corrected chi connectivity index (χ2v) is 3.34. The molecule has 0 aliphatic carbocycles. The minimum Gasteiger partial charge on any atom is -0.382 e. The molecule has 0 heterocycles. The molecule has 2 heteroatoms. The molecule has 0 radical (unpaired) electrons. The molecule has 0 aromatic heterocycles. The van der Waals surface area contributed by atoms with Crippen LogP contribution in [0, 0.1) is 0 Å². The standard InChI is InChI=1S/C11H20O2/c1-4-7-8-9-10(12)11(13,5-2)6-3/h4,13H,1,5-9H2,2-3H3. The number of hydrogen-bond acceptors (Lipinski definition) is 2. The summed E-state index contributed by atoms with van der Waals surface area (Å²) in [5.74, 6) is -0.0284. The third-order valence-corrected chi connectivity index (χ3v) is 2.50. The second-order valence-electron chi connectivity index (χ2n) is 3.34. The molecule has 0 bridgehead atoms. The molecule has 0 rings (SSSR count). The van der Waals surface area contributed by atoms with Gasteiger partial charge in [0.2, 0.25) is 0 Å². The first-order valence-electron chi connectivity index (χ1n) is 4.97. The van der Waals surface area contributed by atoms with Crippen LogP contribution in [0.3, 0.4) is 0 Å². The van der Waals surface area contributed by atoms with Crippen LogP contribution < -0.4 is 0 Å². The van der Waals surface area contributed by atoms with Crippen molar-refractivity contribution in [2.75, 3.05) is 0 Å². The number of carbonyl (C=O) groups excluding carboxylic acids is 1. The van der Waals surface area contributed by atoms with Crippen molar-refractivity contribution in [3.63, 3.8) is 0 Å². The Morgan fingerprint density at radius 1 is 1.46 bits per heavy atom. The van der Waals surface area contributed by atoms with Gasteiger partial charge < -0.3 is 5.11 Å². The van der Waals surface area contributed by atoms with Crippen molar-refractivity contribution in [2.24, 2.45) is 0 Å². The van der Waals surface area contributed by atoms with E-state index in [0.29, 0.717) is 19.3 Å². The summed E-state index contributed by atoms with van der Waals surface area (Å²) in [5.41, 5.74) is -1.08. The van der Waals surface area contributed by atoms with Gasteiger partial charge in [0, 0.05) is 6.42 Å². The van der Waals surface area contributed by atoms with Crippen LogP contribution in [0.5, 0.6) is 0 Å². The van der Waals surface area contributed by atoms with Crippen LogP contribution in [-0.2, 0) is 4.79 Å². The summed E-state index contributed by atoms with van der Waals surface area (Å²) >= 11 is 0. The number of rotatable bonds is 7. The molecule has 0 aliphatic rings. The van der Waals surface area contributed by atoms with E-state index in [4.69, 9.17) is 0 Å². The molecule has 0 fully saturated rings. The van der Waals surface area contributed by atoms with Crippen LogP contribution >= 0.6 is 0 Å². The van der Waals surface area contributed by atoms with Gasteiger partial charge in [-0.25, -0.2) is 0 Å². The van der Waals surface area contributed by atoms with Crippen molar-refractivity contribution in [1.82, 2.24) is 0 Å². The number of hydrogen-bond donors (Lipinski definition) is 1. The van der Waals surface area contributed by atoms with E-state index in [1.165, 1.54) is 0 Å². The molecule has 0 aliphatic heterocycles. The Bertz CT molecular complexity index is 169. The van der Waals surface area contributed by atoms with Gasteiger partial charge in [0.25, 0.3) is 0 Å². The molecule has 1 N–H and O–H groups in total. The maximum atomic E-state index is 11.5. The molecule has 0 saturated heterocycles. The van der Waals surface area contributed by atoms with Crippen LogP contribution in [0.25, 0.3) is 0 Å². The lowest BCUT2D eigenvalue weighted by molar-refractivity contribution is -0.138. The van der Waals surface area contributed by atoms with Gasteiger partial charge >= 0.3 is 0 Å². The fourth-order valence-corrected chi connectivity index (χ4v) is 1.28. The highest BCUT2D eigenvalue weighted by Gasteiger charge is 2.30. The third kappa shape index (κ3) is 3.73. The zero-order valence-electron chi connectivity index (χ0n) is 8.68. The van der Waals surface area contributed by atoms with Crippen molar-refractivity contribution < 1.29 is 9.90 Å². The fraction of sp³-hybridized carbons (Fsp3) is 0.727. The lowest BCUT2D eigenvalue weighted by atomic mass is 9.89. The van der Waals surface area contributed by atoms with Crippen molar-refractivity contribution in [3.05, 3.63) is 12.7 Å². The van der Waals surface area contributed by atoms with E-state index in [-0.39, 0.29) is 5.78 Å². The Labute approximate surface area is 80.7 Å². The molecule has 0 saturated carbocycles. The molecule has 0 amide bonds. The SMILES string of the molecule is C=CCCCC(=O)C(O)(CC)CC. The second kappa shape index (κ2) is 5.92. The predicted octanol–water partition coefficient (Wildman–Crippen LogP) is 2.46. The van der Waals surface area contributed by atoms with E-state index in [1.54, 1.807) is 6.08 Å². The summed E-state index contributed by atoms with van der Waals surface area (Å²) in [6.07, 6.45) is 4.92. The third-order valence-electron chi connectivity index (χ3n) is 2.50. The minimum atomic E-state index is -1.08. The van der Waals surface area contributed by atoms with Crippen molar-refractivity contribution in [2.45, 2.75) is 51.6 Å². The molecular weight excluding hydrogens is 164 g/mol. The van der Waals surface area contributed by atoms with Gasteiger partial charge in [-0.3, -0.25) is 4.79 Å². The first-order valence-corrected chi connectivity index (χ1v) is 4.97. The Hall–Kier alpha value is -0.630. The molecule has 0 unspecified atom stereocenters. The maximum Gasteiger partial charge on any atom is 0.164 e. The largest absolute Gasteiger partial charge is 0.382 e. The zero-order valence-corrected chi connectivity index (χ0v) is 8.68. The molecule has 0 atom stereocenters. The van der Waals surface area contributed by atoms with Gasteiger partial charge in [-0.2, -0.15) is 0 Å². The highest BCUT2D eigenvalue weighted by molar-refractivity contribution is 5.86. The van der Waals surface area contributed by atoms with Gasteiger partial charge in [-0.15, -0.1) is 6.58 Å². The number of unbranched alkanes of at least 4 members (excludes halogenated alkanes) is 1. The Kier molecular flexibility index (Phi) is 5.63. The molecule has 0 aromatic rings. The average molecular weight is 184 g/mol. The van der Waals surface area contributed by atoms with Crippen LogP contribution in [0.15, 0.2) is 12.7 Å². The topological polar surface area (TPSA) is 37.3 Å². The average Bonchev–Trinajstić information content (AvgIpc) is 2.17. The summed E-state index contributed by atoms with van der Waals surface area (Å²) in [6, 6.07) is 0. The van der Waals surface area contributed by atoms with E-state index in [2.05, 4.69) is 6.58 Å². The number of ketones is 1. The molecule has 76 valence electrons. The van der Waals surface area contributed by atoms with Crippen LogP contribution in [0.1, 0.15) is 46.0 Å². The predicted molar refractivity (Wildman–Crippen MR) is 54.6 cm³/mol. The number of allylic oxidation sites excluding steroid dienone is 1. The minimum absolute atomic E-state index is 0.0284. The first kappa shape index (κ1) is 12.4. The normalized spacial score (nSPS) is 11.3. The van der Waals surface area contributed by atoms with Gasteiger partial charge in [0.05, 0.1) is 0 Å². The molecule has 2 nitrogen and oxygen atoms in total. The van der Waals surface area contributed by atoms with Gasteiger partial charge in [0.15, 0.2) is 5.78 Å². The quantitative estimate of drug-likeness (QED) is 0.487. The number of Topliss-reactive ketones (excluding diaryl/α,β-unsaturated/α-hetero) is 1. The lowest BCUT2D eigenvalue weighted by Gasteiger charge is -2.23.